The molecule has 24 heavy (non-hydrogen) atoms. The van der Waals surface area contributed by atoms with Gasteiger partial charge in [0.1, 0.15) is 8.07 Å². The summed E-state index contributed by atoms with van der Waals surface area (Å²) in [4.78, 5) is 2.45. The van der Waals surface area contributed by atoms with E-state index >= 15 is 0 Å². The number of nitrogens with zero attached hydrogens (tertiary/aromatic N) is 1. The Morgan fingerprint density at radius 2 is 1.67 bits per heavy atom. The van der Waals surface area contributed by atoms with Crippen molar-refractivity contribution in [1.82, 2.24) is 4.90 Å². The number of rotatable bonds is 5. The molecule has 1 aliphatic heterocycles. The first-order valence-electron chi connectivity index (χ1n) is 8.70. The lowest BCUT2D eigenvalue weighted by molar-refractivity contribution is 0.0342. The Morgan fingerprint density at radius 3 is 2.33 bits per heavy atom. The molecule has 0 saturated carbocycles. The van der Waals surface area contributed by atoms with Crippen LogP contribution in [0.2, 0.25) is 13.1 Å². The summed E-state index contributed by atoms with van der Waals surface area (Å²) in [5.74, 6) is 0. The largest absolute Gasteiger partial charge is 0.392 e. The molecule has 128 valence electrons. The number of benzene rings is 2. The van der Waals surface area contributed by atoms with E-state index in [1.54, 1.807) is 0 Å². The molecule has 4 heteroatoms. The van der Waals surface area contributed by atoms with Crippen LogP contribution in [0.25, 0.3) is 0 Å². The minimum Gasteiger partial charge on any atom is -0.392 e. The van der Waals surface area contributed by atoms with E-state index < -0.39 is 8.07 Å². The van der Waals surface area contributed by atoms with Gasteiger partial charge in [-0.25, -0.2) is 0 Å². The molecule has 0 aromatic heterocycles. The zero-order chi connectivity index (χ0) is 17.0. The van der Waals surface area contributed by atoms with Crippen LogP contribution in [0.4, 0.5) is 0 Å². The molecule has 1 fully saturated rings. The first-order valence-corrected chi connectivity index (χ1v) is 11.7. The summed E-state index contributed by atoms with van der Waals surface area (Å²) in [6, 6.07) is 17.4. The van der Waals surface area contributed by atoms with Gasteiger partial charge >= 0.3 is 0 Å². The Morgan fingerprint density at radius 1 is 1.00 bits per heavy atom. The molecule has 0 spiro atoms. The third-order valence-electron chi connectivity index (χ3n) is 5.05. The molecule has 0 amide bonds. The van der Waals surface area contributed by atoms with Crippen molar-refractivity contribution in [3.8, 4) is 0 Å². The van der Waals surface area contributed by atoms with Crippen molar-refractivity contribution in [3.63, 3.8) is 0 Å². The number of aliphatic hydroxyl groups is 1. The molecule has 3 rings (SSSR count). The third-order valence-corrected chi connectivity index (χ3v) is 8.66. The number of ether oxygens (including phenoxy) is 1. The van der Waals surface area contributed by atoms with Gasteiger partial charge in [-0.2, -0.15) is 0 Å². The molecule has 2 aromatic carbocycles. The molecule has 1 N–H and O–H groups in total. The van der Waals surface area contributed by atoms with Crippen LogP contribution >= 0.6 is 0 Å². The highest BCUT2D eigenvalue weighted by atomic mass is 28.3. The van der Waals surface area contributed by atoms with E-state index in [2.05, 4.69) is 54.4 Å². The lowest BCUT2D eigenvalue weighted by atomic mass is 10.2. The topological polar surface area (TPSA) is 32.7 Å². The van der Waals surface area contributed by atoms with Crippen LogP contribution in [0.5, 0.6) is 0 Å². The fourth-order valence-corrected chi connectivity index (χ4v) is 6.26. The van der Waals surface area contributed by atoms with E-state index in [0.717, 1.165) is 38.4 Å². The summed E-state index contributed by atoms with van der Waals surface area (Å²) in [7, 11) is -1.79. The molecule has 0 aliphatic carbocycles. The molecule has 3 nitrogen and oxygen atoms in total. The van der Waals surface area contributed by atoms with Gasteiger partial charge in [0.25, 0.3) is 0 Å². The Hall–Kier alpha value is -1.46. The number of morpholine rings is 1. The third kappa shape index (κ3) is 3.78. The van der Waals surface area contributed by atoms with Crippen LogP contribution < -0.4 is 10.4 Å². The van der Waals surface area contributed by atoms with Gasteiger partial charge in [0.05, 0.1) is 19.8 Å². The van der Waals surface area contributed by atoms with E-state index in [9.17, 15) is 5.11 Å². The predicted octanol–water partition coefficient (Wildman–Crippen LogP) is 1.83. The zero-order valence-electron chi connectivity index (χ0n) is 14.7. The van der Waals surface area contributed by atoms with E-state index in [0.29, 0.717) is 0 Å². The molecule has 0 radical (unpaired) electrons. The predicted molar refractivity (Wildman–Crippen MR) is 102 cm³/mol. The maximum Gasteiger partial charge on any atom is 0.112 e. The SMILES string of the molecule is C[Si](C)(c1ccc(CN2CCOCC2)cc1)c1ccccc1CO. The minimum atomic E-state index is -1.79. The van der Waals surface area contributed by atoms with Crippen molar-refractivity contribution < 1.29 is 9.84 Å². The van der Waals surface area contributed by atoms with Crippen LogP contribution in [0.1, 0.15) is 11.1 Å². The van der Waals surface area contributed by atoms with Gasteiger partial charge < -0.3 is 9.84 Å². The van der Waals surface area contributed by atoms with E-state index in [1.807, 2.05) is 12.1 Å². The van der Waals surface area contributed by atoms with Crippen LogP contribution in [0.15, 0.2) is 48.5 Å². The van der Waals surface area contributed by atoms with Crippen LogP contribution in [-0.4, -0.2) is 44.4 Å². The quantitative estimate of drug-likeness (QED) is 0.843. The maximum absolute atomic E-state index is 9.66. The average molecular weight is 342 g/mol. The van der Waals surface area contributed by atoms with Crippen molar-refractivity contribution in [2.24, 2.45) is 0 Å². The summed E-state index contributed by atoms with van der Waals surface area (Å²) < 4.78 is 5.42. The summed E-state index contributed by atoms with van der Waals surface area (Å²) >= 11 is 0. The van der Waals surface area contributed by atoms with E-state index in [1.165, 1.54) is 15.9 Å². The van der Waals surface area contributed by atoms with Crippen molar-refractivity contribution in [1.29, 1.82) is 0 Å². The Balaban J connectivity index is 1.78. The fraction of sp³-hybridized carbons (Fsp3) is 0.400. The van der Waals surface area contributed by atoms with Gasteiger partial charge in [0, 0.05) is 19.6 Å². The summed E-state index contributed by atoms with van der Waals surface area (Å²) in [6.07, 6.45) is 0. The van der Waals surface area contributed by atoms with Crippen molar-refractivity contribution in [3.05, 3.63) is 59.7 Å². The molecule has 1 aliphatic rings. The molecule has 1 saturated heterocycles. The Kier molecular flexibility index (Phi) is 5.51. The van der Waals surface area contributed by atoms with E-state index in [4.69, 9.17) is 4.74 Å². The zero-order valence-corrected chi connectivity index (χ0v) is 15.7. The molecule has 0 atom stereocenters. The second-order valence-corrected chi connectivity index (χ2v) is 11.4. The van der Waals surface area contributed by atoms with Gasteiger partial charge in [-0.05, 0) is 16.3 Å². The highest BCUT2D eigenvalue weighted by Crippen LogP contribution is 2.11. The lowest BCUT2D eigenvalue weighted by Gasteiger charge is -2.28. The summed E-state index contributed by atoms with van der Waals surface area (Å²) in [6.45, 7) is 9.56. The Bertz CT molecular complexity index is 664. The highest BCUT2D eigenvalue weighted by Gasteiger charge is 2.28. The number of hydrogen-bond donors (Lipinski definition) is 1. The first-order chi connectivity index (χ1) is 11.6. The molecular formula is C20H27NO2Si. The smallest absolute Gasteiger partial charge is 0.112 e. The summed E-state index contributed by atoms with van der Waals surface area (Å²) in [5, 5.41) is 12.4. The normalized spacial score (nSPS) is 16.3. The molecular weight excluding hydrogens is 314 g/mol. The second kappa shape index (κ2) is 7.62. The van der Waals surface area contributed by atoms with Crippen molar-refractivity contribution >= 4 is 18.4 Å². The van der Waals surface area contributed by atoms with Crippen LogP contribution in [-0.2, 0) is 17.9 Å². The molecule has 0 bridgehead atoms. The second-order valence-electron chi connectivity index (χ2n) is 7.03. The fourth-order valence-electron chi connectivity index (χ4n) is 3.47. The Labute approximate surface area is 145 Å². The average Bonchev–Trinajstić information content (AvgIpc) is 2.63. The van der Waals surface area contributed by atoms with Crippen molar-refractivity contribution in [2.75, 3.05) is 26.3 Å². The first kappa shape index (κ1) is 17.4. The van der Waals surface area contributed by atoms with Gasteiger partial charge in [0.2, 0.25) is 0 Å². The van der Waals surface area contributed by atoms with Crippen LogP contribution in [0.3, 0.4) is 0 Å². The molecule has 1 heterocycles. The van der Waals surface area contributed by atoms with Crippen molar-refractivity contribution in [2.45, 2.75) is 26.2 Å². The van der Waals surface area contributed by atoms with Crippen LogP contribution in [0, 0.1) is 0 Å². The summed E-state index contributed by atoms with van der Waals surface area (Å²) in [5.41, 5.74) is 2.42. The lowest BCUT2D eigenvalue weighted by Crippen LogP contribution is -2.54. The van der Waals surface area contributed by atoms with Gasteiger partial charge in [-0.3, -0.25) is 4.90 Å². The minimum absolute atomic E-state index is 0.113. The molecule has 0 unspecified atom stereocenters. The standard InChI is InChI=1S/C20H27NO2Si/c1-24(2,20-6-4-3-5-18(20)16-22)19-9-7-17(8-10-19)15-21-11-13-23-14-12-21/h3-10,22H,11-16H2,1-2H3. The van der Waals surface area contributed by atoms with Gasteiger partial charge in [-0.15, -0.1) is 0 Å². The maximum atomic E-state index is 9.66. The monoisotopic (exact) mass is 341 g/mol. The van der Waals surface area contributed by atoms with Gasteiger partial charge in [-0.1, -0.05) is 66.8 Å². The highest BCUT2D eigenvalue weighted by molar-refractivity contribution is 7.00. The molecule has 2 aromatic rings. The van der Waals surface area contributed by atoms with E-state index in [-0.39, 0.29) is 6.61 Å². The van der Waals surface area contributed by atoms with Gasteiger partial charge in [0.15, 0.2) is 0 Å². The number of hydrogen-bond acceptors (Lipinski definition) is 3. The number of aliphatic hydroxyl groups excluding tert-OH is 1.